The highest BCUT2D eigenvalue weighted by Crippen LogP contribution is 2.46. The average molecular weight is 371 g/mol. The van der Waals surface area contributed by atoms with Crippen molar-refractivity contribution in [2.45, 2.75) is 56.5 Å². The highest BCUT2D eigenvalue weighted by molar-refractivity contribution is 5.37. The fourth-order valence-corrected chi connectivity index (χ4v) is 4.90. The van der Waals surface area contributed by atoms with Gasteiger partial charge in [-0.3, -0.25) is 4.90 Å². The molecule has 4 rings (SSSR count). The van der Waals surface area contributed by atoms with Crippen LogP contribution in [-0.4, -0.2) is 34.3 Å². The van der Waals surface area contributed by atoms with Crippen LogP contribution in [0, 0.1) is 5.82 Å². The minimum Gasteiger partial charge on any atom is -0.496 e. The molecule has 0 aliphatic carbocycles. The van der Waals surface area contributed by atoms with E-state index >= 15 is 0 Å². The Kier molecular flexibility index (Phi) is 4.93. The van der Waals surface area contributed by atoms with E-state index in [1.165, 1.54) is 6.07 Å². The number of rotatable bonds is 5. The van der Waals surface area contributed by atoms with Gasteiger partial charge in [0.2, 0.25) is 0 Å². The van der Waals surface area contributed by atoms with E-state index in [0.717, 1.165) is 30.5 Å². The van der Waals surface area contributed by atoms with Crippen molar-refractivity contribution in [3.05, 3.63) is 65.0 Å². The van der Waals surface area contributed by atoms with Crippen LogP contribution in [0.3, 0.4) is 0 Å². The number of benzene rings is 2. The Balaban J connectivity index is 1.54. The molecule has 0 saturated carbocycles. The number of ether oxygens (including phenoxy) is 1. The summed E-state index contributed by atoms with van der Waals surface area (Å²) in [5, 5.41) is 20.8. The van der Waals surface area contributed by atoms with Gasteiger partial charge >= 0.3 is 0 Å². The first-order valence-corrected chi connectivity index (χ1v) is 9.54. The molecule has 2 fully saturated rings. The lowest BCUT2D eigenvalue weighted by molar-refractivity contribution is -0.0615. The molecule has 2 aliphatic rings. The summed E-state index contributed by atoms with van der Waals surface area (Å²) >= 11 is 0. The summed E-state index contributed by atoms with van der Waals surface area (Å²) in [6.45, 7) is 0.705. The van der Waals surface area contributed by atoms with Crippen LogP contribution in [-0.2, 0) is 18.8 Å². The molecule has 2 aromatic carbocycles. The van der Waals surface area contributed by atoms with E-state index in [9.17, 15) is 14.6 Å². The molecular weight excluding hydrogens is 345 g/mol. The second-order valence-corrected chi connectivity index (χ2v) is 7.78. The summed E-state index contributed by atoms with van der Waals surface area (Å²) < 4.78 is 19.6. The maximum Gasteiger partial charge on any atom is 0.129 e. The molecule has 27 heavy (non-hydrogen) atoms. The Morgan fingerprint density at radius 2 is 1.85 bits per heavy atom. The summed E-state index contributed by atoms with van der Waals surface area (Å²) in [4.78, 5) is 2.43. The molecule has 3 atom stereocenters. The number of fused-ring (bicyclic) bond motifs is 2. The van der Waals surface area contributed by atoms with E-state index in [-0.39, 0.29) is 24.5 Å². The van der Waals surface area contributed by atoms with Gasteiger partial charge in [-0.25, -0.2) is 4.39 Å². The Morgan fingerprint density at radius 1 is 1.15 bits per heavy atom. The second kappa shape index (κ2) is 7.23. The Bertz CT molecular complexity index is 811. The molecule has 1 unspecified atom stereocenters. The van der Waals surface area contributed by atoms with Crippen molar-refractivity contribution in [3.8, 4) is 5.75 Å². The first kappa shape index (κ1) is 18.4. The molecule has 0 spiro atoms. The fraction of sp³-hybridized carbons (Fsp3) is 0.455. The fourth-order valence-electron chi connectivity index (χ4n) is 4.90. The zero-order valence-electron chi connectivity index (χ0n) is 15.6. The van der Waals surface area contributed by atoms with Crippen LogP contribution in [0.25, 0.3) is 0 Å². The average Bonchev–Trinajstić information content (AvgIpc) is 2.92. The highest BCUT2D eigenvalue weighted by Gasteiger charge is 2.48. The zero-order valence-corrected chi connectivity index (χ0v) is 15.6. The number of hydrogen-bond acceptors (Lipinski definition) is 4. The molecule has 2 saturated heterocycles. The van der Waals surface area contributed by atoms with Crippen molar-refractivity contribution >= 4 is 0 Å². The van der Waals surface area contributed by atoms with E-state index in [2.05, 4.69) is 4.90 Å². The smallest absolute Gasteiger partial charge is 0.129 e. The number of nitrogens with zero attached hydrogens (tertiary/aromatic N) is 1. The van der Waals surface area contributed by atoms with Gasteiger partial charge in [0.1, 0.15) is 11.6 Å². The van der Waals surface area contributed by atoms with Gasteiger partial charge in [0.15, 0.2) is 0 Å². The zero-order chi connectivity index (χ0) is 19.0. The molecule has 4 nitrogen and oxygen atoms in total. The van der Waals surface area contributed by atoms with Gasteiger partial charge in [0, 0.05) is 29.8 Å². The van der Waals surface area contributed by atoms with Crippen molar-refractivity contribution in [2.24, 2.45) is 0 Å². The van der Waals surface area contributed by atoms with Crippen molar-refractivity contribution < 1.29 is 19.3 Å². The van der Waals surface area contributed by atoms with Gasteiger partial charge in [-0.05, 0) is 49.4 Å². The number of aliphatic hydroxyl groups is 2. The lowest BCUT2D eigenvalue weighted by Crippen LogP contribution is -2.49. The summed E-state index contributed by atoms with van der Waals surface area (Å²) in [7, 11) is 1.60. The third-order valence-corrected chi connectivity index (χ3v) is 6.17. The van der Waals surface area contributed by atoms with Gasteiger partial charge in [-0.15, -0.1) is 0 Å². The summed E-state index contributed by atoms with van der Waals surface area (Å²) in [6, 6.07) is 12.9. The molecule has 2 heterocycles. The molecule has 0 radical (unpaired) electrons. The van der Waals surface area contributed by atoms with E-state index in [1.54, 1.807) is 25.3 Å². The number of hydrogen-bond donors (Lipinski definition) is 2. The van der Waals surface area contributed by atoms with Crippen LogP contribution in [0.4, 0.5) is 4.39 Å². The Hall–Kier alpha value is -1.95. The van der Waals surface area contributed by atoms with Crippen molar-refractivity contribution in [1.82, 2.24) is 4.90 Å². The van der Waals surface area contributed by atoms with Crippen LogP contribution in [0.5, 0.6) is 5.75 Å². The first-order chi connectivity index (χ1) is 13.0. The van der Waals surface area contributed by atoms with Crippen LogP contribution in [0.2, 0.25) is 0 Å². The van der Waals surface area contributed by atoms with E-state index in [0.29, 0.717) is 24.2 Å². The summed E-state index contributed by atoms with van der Waals surface area (Å²) in [5.41, 5.74) is 1.23. The van der Waals surface area contributed by atoms with Crippen LogP contribution < -0.4 is 4.74 Å². The standard InChI is InChI=1S/C22H26FNO3/c1-27-21-9-6-15(10-16(21)14-25)13-24-17-7-8-18(24)12-22(26,11-17)19-4-2-3-5-20(19)23/h2-6,9-10,17-18,25-26H,7-8,11-14H2,1H3/t17-,18+,22?. The predicted molar refractivity (Wildman–Crippen MR) is 101 cm³/mol. The third kappa shape index (κ3) is 3.35. The summed E-state index contributed by atoms with van der Waals surface area (Å²) in [5.74, 6) is 0.368. The lowest BCUT2D eigenvalue weighted by atomic mass is 9.80. The van der Waals surface area contributed by atoms with E-state index < -0.39 is 5.60 Å². The second-order valence-electron chi connectivity index (χ2n) is 7.78. The SMILES string of the molecule is COc1ccc(CN2[C@@H]3CC[C@H]2CC(O)(c2ccccc2F)C3)cc1CO. The topological polar surface area (TPSA) is 52.9 Å². The molecule has 2 N–H and O–H groups in total. The minimum atomic E-state index is -1.09. The molecular formula is C22H26FNO3. The summed E-state index contributed by atoms with van der Waals surface area (Å²) in [6.07, 6.45) is 3.13. The highest BCUT2D eigenvalue weighted by atomic mass is 19.1. The Morgan fingerprint density at radius 3 is 2.48 bits per heavy atom. The van der Waals surface area contributed by atoms with Crippen LogP contribution in [0.1, 0.15) is 42.4 Å². The van der Waals surface area contributed by atoms with Crippen molar-refractivity contribution in [3.63, 3.8) is 0 Å². The van der Waals surface area contributed by atoms with E-state index in [1.807, 2.05) is 18.2 Å². The predicted octanol–water partition coefficient (Wildman–Crippen LogP) is 3.34. The normalized spacial score (nSPS) is 27.7. The maximum absolute atomic E-state index is 14.3. The molecule has 5 heteroatoms. The monoisotopic (exact) mass is 371 g/mol. The van der Waals surface area contributed by atoms with Crippen molar-refractivity contribution in [1.29, 1.82) is 0 Å². The largest absolute Gasteiger partial charge is 0.496 e. The van der Waals surface area contributed by atoms with Crippen LogP contribution in [0.15, 0.2) is 42.5 Å². The molecule has 144 valence electrons. The quantitative estimate of drug-likeness (QED) is 0.846. The van der Waals surface area contributed by atoms with Gasteiger partial charge in [-0.1, -0.05) is 24.3 Å². The first-order valence-electron chi connectivity index (χ1n) is 9.54. The van der Waals surface area contributed by atoms with Gasteiger partial charge in [0.25, 0.3) is 0 Å². The maximum atomic E-state index is 14.3. The Labute approximate surface area is 159 Å². The van der Waals surface area contributed by atoms with Crippen LogP contribution >= 0.6 is 0 Å². The minimum absolute atomic E-state index is 0.0586. The van der Waals surface area contributed by atoms with Gasteiger partial charge in [0.05, 0.1) is 19.3 Å². The number of methoxy groups -OCH3 is 1. The molecule has 0 aromatic heterocycles. The number of piperidine rings is 1. The lowest BCUT2D eigenvalue weighted by Gasteiger charge is -2.44. The van der Waals surface area contributed by atoms with E-state index in [4.69, 9.17) is 4.74 Å². The molecule has 0 amide bonds. The molecule has 2 aromatic rings. The third-order valence-electron chi connectivity index (χ3n) is 6.17. The molecule has 2 bridgehead atoms. The number of halogens is 1. The number of aliphatic hydroxyl groups excluding tert-OH is 1. The molecule has 2 aliphatic heterocycles. The van der Waals surface area contributed by atoms with Crippen molar-refractivity contribution in [2.75, 3.05) is 7.11 Å². The van der Waals surface area contributed by atoms with Gasteiger partial charge in [-0.2, -0.15) is 0 Å². The van der Waals surface area contributed by atoms with Gasteiger partial charge < -0.3 is 14.9 Å².